The van der Waals surface area contributed by atoms with Crippen molar-refractivity contribution in [1.82, 2.24) is 9.88 Å². The van der Waals surface area contributed by atoms with Crippen LogP contribution in [0.1, 0.15) is 38.7 Å². The molecule has 2 rings (SSSR count). The summed E-state index contributed by atoms with van der Waals surface area (Å²) in [7, 11) is 0. The van der Waals surface area contributed by atoms with Gasteiger partial charge in [-0.3, -0.25) is 9.59 Å². The summed E-state index contributed by atoms with van der Waals surface area (Å²) >= 11 is 0. The van der Waals surface area contributed by atoms with Gasteiger partial charge in [-0.15, -0.1) is 0 Å². The quantitative estimate of drug-likeness (QED) is 0.510. The van der Waals surface area contributed by atoms with Crippen LogP contribution in [-0.2, 0) is 16.0 Å². The van der Waals surface area contributed by atoms with Crippen molar-refractivity contribution in [1.29, 1.82) is 0 Å². The largest absolute Gasteiger partial charge is 0.481 e. The minimum atomic E-state index is -0.903. The molecule has 2 aromatic rings. The van der Waals surface area contributed by atoms with Crippen LogP contribution >= 0.6 is 0 Å². The lowest BCUT2D eigenvalue weighted by Crippen LogP contribution is -2.25. The van der Waals surface area contributed by atoms with Crippen LogP contribution in [0.3, 0.4) is 0 Å². The van der Waals surface area contributed by atoms with E-state index in [4.69, 9.17) is 9.84 Å². The third-order valence-corrected chi connectivity index (χ3v) is 4.33. The number of carbonyl (C=O) groups is 2. The van der Waals surface area contributed by atoms with E-state index in [1.165, 1.54) is 5.56 Å². The summed E-state index contributed by atoms with van der Waals surface area (Å²) in [6, 6.07) is 5.52. The number of aromatic nitrogens is 1. The minimum Gasteiger partial charge on any atom is -0.481 e. The first kappa shape index (κ1) is 19.0. The molecule has 0 aliphatic rings. The first-order valence-corrected chi connectivity index (χ1v) is 8.78. The van der Waals surface area contributed by atoms with Gasteiger partial charge in [0, 0.05) is 36.5 Å². The number of nitrogens with one attached hydrogen (secondary N) is 1. The third kappa shape index (κ3) is 5.60. The van der Waals surface area contributed by atoms with Gasteiger partial charge in [0.25, 0.3) is 0 Å². The predicted molar refractivity (Wildman–Crippen MR) is 96.9 cm³/mol. The Morgan fingerprint density at radius 2 is 1.96 bits per heavy atom. The highest BCUT2D eigenvalue weighted by Gasteiger charge is 2.10. The summed E-state index contributed by atoms with van der Waals surface area (Å²) in [5.41, 5.74) is 2.21. The number of hydrogen-bond donors (Lipinski definition) is 2. The Balaban J connectivity index is 2.01. The molecule has 0 saturated heterocycles. The Morgan fingerprint density at radius 3 is 2.64 bits per heavy atom. The fraction of sp³-hybridized carbons (Fsp3) is 0.474. The van der Waals surface area contributed by atoms with E-state index >= 15 is 0 Å². The lowest BCUT2D eigenvalue weighted by molar-refractivity contribution is -0.137. The molecule has 1 aromatic carbocycles. The van der Waals surface area contributed by atoms with Crippen LogP contribution in [0.25, 0.3) is 10.9 Å². The molecular formula is C19H26N2O4. The molecule has 0 spiro atoms. The average Bonchev–Trinajstić information content (AvgIpc) is 2.98. The van der Waals surface area contributed by atoms with Crippen molar-refractivity contribution < 1.29 is 19.4 Å². The van der Waals surface area contributed by atoms with Gasteiger partial charge in [-0.05, 0) is 49.7 Å². The van der Waals surface area contributed by atoms with E-state index in [1.807, 2.05) is 18.3 Å². The van der Waals surface area contributed by atoms with Crippen molar-refractivity contribution in [3.63, 3.8) is 0 Å². The summed E-state index contributed by atoms with van der Waals surface area (Å²) in [6.07, 6.45) is 3.30. The standard InChI is InChI=1S/C19H26N2O4/c1-3-21(4-2)11-10-14-13-20-17-9-8-15(12-16(14)17)25-19(24)7-5-6-18(22)23/h8-9,12-13,20H,3-7,10-11H2,1-2H3,(H,22,23). The highest BCUT2D eigenvalue weighted by Crippen LogP contribution is 2.24. The van der Waals surface area contributed by atoms with Crippen LogP contribution in [0.5, 0.6) is 5.75 Å². The average molecular weight is 346 g/mol. The summed E-state index contributed by atoms with van der Waals surface area (Å²) in [4.78, 5) is 27.9. The monoisotopic (exact) mass is 346 g/mol. The number of H-pyrrole nitrogens is 1. The summed E-state index contributed by atoms with van der Waals surface area (Å²) in [6.45, 7) is 7.34. The van der Waals surface area contributed by atoms with E-state index in [2.05, 4.69) is 23.7 Å². The predicted octanol–water partition coefficient (Wildman–Crippen LogP) is 3.21. The van der Waals surface area contributed by atoms with Crippen molar-refractivity contribution in [2.45, 2.75) is 39.5 Å². The molecule has 6 nitrogen and oxygen atoms in total. The normalized spacial score (nSPS) is 11.2. The van der Waals surface area contributed by atoms with Gasteiger partial charge in [0.15, 0.2) is 0 Å². The van der Waals surface area contributed by atoms with E-state index in [-0.39, 0.29) is 19.3 Å². The molecule has 0 fully saturated rings. The Labute approximate surface area is 147 Å². The SMILES string of the molecule is CCN(CC)CCc1c[nH]c2ccc(OC(=O)CCCC(=O)O)cc12. The molecule has 0 aliphatic carbocycles. The number of rotatable bonds is 10. The van der Waals surface area contributed by atoms with Crippen LogP contribution in [0.15, 0.2) is 24.4 Å². The Kier molecular flexibility index (Phi) is 7.01. The maximum Gasteiger partial charge on any atom is 0.311 e. The molecule has 0 saturated carbocycles. The van der Waals surface area contributed by atoms with Crippen LogP contribution in [-0.4, -0.2) is 46.6 Å². The number of ether oxygens (including phenoxy) is 1. The highest BCUT2D eigenvalue weighted by atomic mass is 16.5. The van der Waals surface area contributed by atoms with Crippen molar-refractivity contribution in [3.8, 4) is 5.75 Å². The summed E-state index contributed by atoms with van der Waals surface area (Å²) in [5, 5.41) is 9.67. The minimum absolute atomic E-state index is 0.0263. The maximum absolute atomic E-state index is 11.8. The van der Waals surface area contributed by atoms with E-state index in [0.29, 0.717) is 5.75 Å². The lowest BCUT2D eigenvalue weighted by atomic mass is 10.1. The van der Waals surface area contributed by atoms with Crippen molar-refractivity contribution in [2.24, 2.45) is 0 Å². The molecule has 6 heteroatoms. The van der Waals surface area contributed by atoms with Gasteiger partial charge >= 0.3 is 11.9 Å². The zero-order chi connectivity index (χ0) is 18.2. The zero-order valence-electron chi connectivity index (χ0n) is 14.9. The molecule has 0 atom stereocenters. The number of aromatic amines is 1. The highest BCUT2D eigenvalue weighted by molar-refractivity contribution is 5.85. The molecule has 0 aliphatic heterocycles. The molecule has 0 bridgehead atoms. The number of carboxylic acid groups (broad SMARTS) is 1. The second kappa shape index (κ2) is 9.22. The fourth-order valence-electron chi connectivity index (χ4n) is 2.81. The number of carboxylic acids is 1. The van der Waals surface area contributed by atoms with E-state index in [0.717, 1.165) is 37.0 Å². The number of fused-ring (bicyclic) bond motifs is 1. The van der Waals surface area contributed by atoms with Crippen LogP contribution in [0.2, 0.25) is 0 Å². The van der Waals surface area contributed by atoms with Crippen molar-refractivity contribution in [2.75, 3.05) is 19.6 Å². The summed E-state index contributed by atoms with van der Waals surface area (Å²) < 4.78 is 5.34. The molecular weight excluding hydrogens is 320 g/mol. The van der Waals surface area contributed by atoms with Crippen LogP contribution in [0, 0.1) is 0 Å². The number of likely N-dealkylation sites (N-methyl/N-ethyl adjacent to an activating group) is 1. The number of carbonyl (C=O) groups excluding carboxylic acids is 1. The molecule has 0 amide bonds. The molecule has 0 unspecified atom stereocenters. The van der Waals surface area contributed by atoms with E-state index in [1.54, 1.807) is 6.07 Å². The number of nitrogens with zero attached hydrogens (tertiary/aromatic N) is 1. The topological polar surface area (TPSA) is 82.6 Å². The van der Waals surface area contributed by atoms with Gasteiger partial charge < -0.3 is 19.7 Å². The van der Waals surface area contributed by atoms with E-state index < -0.39 is 11.9 Å². The second-order valence-corrected chi connectivity index (χ2v) is 6.02. The summed E-state index contributed by atoms with van der Waals surface area (Å²) in [5.74, 6) is -0.809. The zero-order valence-corrected chi connectivity index (χ0v) is 14.9. The Hall–Kier alpha value is -2.34. The van der Waals surface area contributed by atoms with Gasteiger partial charge in [0.1, 0.15) is 5.75 Å². The molecule has 25 heavy (non-hydrogen) atoms. The van der Waals surface area contributed by atoms with Gasteiger partial charge in [-0.2, -0.15) is 0 Å². The maximum atomic E-state index is 11.8. The first-order chi connectivity index (χ1) is 12.0. The molecule has 0 radical (unpaired) electrons. The molecule has 2 N–H and O–H groups in total. The number of aliphatic carboxylic acids is 1. The van der Waals surface area contributed by atoms with Gasteiger partial charge in [0.2, 0.25) is 0 Å². The molecule has 1 aromatic heterocycles. The van der Waals surface area contributed by atoms with E-state index in [9.17, 15) is 9.59 Å². The number of hydrogen-bond acceptors (Lipinski definition) is 4. The fourth-order valence-corrected chi connectivity index (χ4v) is 2.81. The second-order valence-electron chi connectivity index (χ2n) is 6.02. The Morgan fingerprint density at radius 1 is 1.20 bits per heavy atom. The smallest absolute Gasteiger partial charge is 0.311 e. The Bertz CT molecular complexity index is 719. The third-order valence-electron chi connectivity index (χ3n) is 4.33. The number of benzene rings is 1. The van der Waals surface area contributed by atoms with Crippen LogP contribution < -0.4 is 4.74 Å². The van der Waals surface area contributed by atoms with Gasteiger partial charge in [-0.25, -0.2) is 0 Å². The van der Waals surface area contributed by atoms with Crippen LogP contribution in [0.4, 0.5) is 0 Å². The van der Waals surface area contributed by atoms with Gasteiger partial charge in [0.05, 0.1) is 0 Å². The number of esters is 1. The van der Waals surface area contributed by atoms with Gasteiger partial charge in [-0.1, -0.05) is 13.8 Å². The van der Waals surface area contributed by atoms with Crippen molar-refractivity contribution >= 4 is 22.8 Å². The van der Waals surface area contributed by atoms with Crippen molar-refractivity contribution in [3.05, 3.63) is 30.0 Å². The lowest BCUT2D eigenvalue weighted by Gasteiger charge is -2.17. The first-order valence-electron chi connectivity index (χ1n) is 8.78. The molecule has 1 heterocycles. The molecule has 136 valence electrons.